The van der Waals surface area contributed by atoms with Crippen molar-refractivity contribution in [2.75, 3.05) is 12.9 Å². The molecule has 0 fully saturated rings. The van der Waals surface area contributed by atoms with Crippen LogP contribution in [0.25, 0.3) is 0 Å². The third-order valence-corrected chi connectivity index (χ3v) is 4.60. The van der Waals surface area contributed by atoms with Crippen molar-refractivity contribution >= 4 is 29.1 Å². The fourth-order valence-electron chi connectivity index (χ4n) is 1.24. The largest absolute Gasteiger partial charge is 0.505 e. The van der Waals surface area contributed by atoms with Crippen LogP contribution in [-0.2, 0) is 4.74 Å². The normalized spacial score (nSPS) is 10.4. The predicted octanol–water partition coefficient (Wildman–Crippen LogP) is 3.44. The summed E-state index contributed by atoms with van der Waals surface area (Å²) >= 11 is 2.89. The summed E-state index contributed by atoms with van der Waals surface area (Å²) in [7, 11) is 1.32. The van der Waals surface area contributed by atoms with E-state index >= 15 is 0 Å². The van der Waals surface area contributed by atoms with Gasteiger partial charge in [0, 0.05) is 4.88 Å². The first-order valence-corrected chi connectivity index (χ1v) is 6.95. The van der Waals surface area contributed by atoms with Crippen molar-refractivity contribution in [3.05, 3.63) is 9.75 Å². The summed E-state index contributed by atoms with van der Waals surface area (Å²) < 4.78 is 4.61. The van der Waals surface area contributed by atoms with Crippen LogP contribution < -0.4 is 0 Å². The number of esters is 1. The van der Waals surface area contributed by atoms with E-state index in [2.05, 4.69) is 11.7 Å². The van der Waals surface area contributed by atoms with Crippen LogP contribution in [-0.4, -0.2) is 23.9 Å². The number of thioether (sulfide) groups is 1. The Hall–Kier alpha value is -0.680. The lowest BCUT2D eigenvalue weighted by atomic mass is 10.4. The molecule has 0 bridgehead atoms. The Morgan fingerprint density at radius 1 is 1.56 bits per heavy atom. The van der Waals surface area contributed by atoms with E-state index in [4.69, 9.17) is 0 Å². The second-order valence-electron chi connectivity index (χ2n) is 3.36. The highest BCUT2D eigenvalue weighted by atomic mass is 32.2. The van der Waals surface area contributed by atoms with Gasteiger partial charge in [0.2, 0.25) is 0 Å². The Labute approximate surface area is 104 Å². The number of carbonyl (C=O) groups is 1. The second kappa shape index (κ2) is 6.15. The van der Waals surface area contributed by atoms with Crippen LogP contribution in [0.3, 0.4) is 0 Å². The van der Waals surface area contributed by atoms with E-state index in [9.17, 15) is 9.90 Å². The number of unbranched alkanes of at least 4 members (excludes halogenated alkanes) is 1. The van der Waals surface area contributed by atoms with Crippen molar-refractivity contribution in [1.82, 2.24) is 0 Å². The average Bonchev–Trinajstić information content (AvgIpc) is 2.56. The molecule has 0 spiro atoms. The van der Waals surface area contributed by atoms with Crippen LogP contribution in [0.2, 0.25) is 0 Å². The maximum absolute atomic E-state index is 11.3. The third kappa shape index (κ3) is 2.92. The molecule has 0 saturated heterocycles. The molecular weight excluding hydrogens is 244 g/mol. The van der Waals surface area contributed by atoms with Gasteiger partial charge in [0.1, 0.15) is 0 Å². The monoisotopic (exact) mass is 260 g/mol. The number of carbonyl (C=O) groups excluding carboxylic acids is 1. The number of hydrogen-bond acceptors (Lipinski definition) is 5. The van der Waals surface area contributed by atoms with Crippen molar-refractivity contribution in [1.29, 1.82) is 0 Å². The molecule has 0 aliphatic heterocycles. The van der Waals surface area contributed by atoms with Gasteiger partial charge in [0.25, 0.3) is 0 Å². The molecule has 1 N–H and O–H groups in total. The molecular formula is C11H16O3S2. The zero-order valence-corrected chi connectivity index (χ0v) is 11.3. The first-order valence-electron chi connectivity index (χ1n) is 5.15. The van der Waals surface area contributed by atoms with Gasteiger partial charge in [0.15, 0.2) is 10.6 Å². The van der Waals surface area contributed by atoms with Crippen molar-refractivity contribution < 1.29 is 14.6 Å². The van der Waals surface area contributed by atoms with E-state index in [0.29, 0.717) is 4.88 Å². The lowest BCUT2D eigenvalue weighted by Crippen LogP contribution is -1.97. The molecule has 0 aliphatic carbocycles. The summed E-state index contributed by atoms with van der Waals surface area (Å²) in [5, 5.41) is 9.90. The molecule has 3 nitrogen and oxygen atoms in total. The Morgan fingerprint density at radius 3 is 2.81 bits per heavy atom. The number of ether oxygens (including phenoxy) is 1. The summed E-state index contributed by atoms with van der Waals surface area (Å²) in [5.74, 6) is 0.575. The number of aryl methyl sites for hydroxylation is 1. The van der Waals surface area contributed by atoms with Crippen molar-refractivity contribution in [2.24, 2.45) is 0 Å². The molecule has 0 aliphatic rings. The summed E-state index contributed by atoms with van der Waals surface area (Å²) in [6, 6.07) is 0. The Morgan fingerprint density at radius 2 is 2.25 bits per heavy atom. The molecule has 90 valence electrons. The highest BCUT2D eigenvalue weighted by molar-refractivity contribution is 7.99. The zero-order chi connectivity index (χ0) is 12.1. The molecule has 0 amide bonds. The standard InChI is InChI=1S/C11H16O3S2/c1-4-5-6-15-9-7(2)16-10(8(9)12)11(13)14-3/h12H,4-6H2,1-3H3. The van der Waals surface area contributed by atoms with Crippen LogP contribution in [0.15, 0.2) is 4.90 Å². The lowest BCUT2D eigenvalue weighted by Gasteiger charge is -2.00. The fourth-order valence-corrected chi connectivity index (χ4v) is 3.54. The van der Waals surface area contributed by atoms with E-state index in [1.807, 2.05) is 6.92 Å². The number of hydrogen-bond donors (Lipinski definition) is 1. The molecule has 1 heterocycles. The average molecular weight is 260 g/mol. The van der Waals surface area contributed by atoms with Gasteiger partial charge in [-0.25, -0.2) is 4.79 Å². The minimum atomic E-state index is -0.465. The highest BCUT2D eigenvalue weighted by Gasteiger charge is 2.21. The highest BCUT2D eigenvalue weighted by Crippen LogP contribution is 2.41. The SMILES string of the molecule is CCCCSc1c(C)sc(C(=O)OC)c1O. The minimum Gasteiger partial charge on any atom is -0.505 e. The fraction of sp³-hybridized carbons (Fsp3) is 0.545. The van der Waals surface area contributed by atoms with Gasteiger partial charge in [-0.1, -0.05) is 13.3 Å². The summed E-state index contributed by atoms with van der Waals surface area (Å²) in [5.41, 5.74) is 0. The number of aromatic hydroxyl groups is 1. The molecule has 5 heteroatoms. The topological polar surface area (TPSA) is 46.5 Å². The van der Waals surface area contributed by atoms with Crippen molar-refractivity contribution in [3.8, 4) is 5.75 Å². The van der Waals surface area contributed by atoms with Gasteiger partial charge in [-0.2, -0.15) is 0 Å². The van der Waals surface area contributed by atoms with Crippen molar-refractivity contribution in [2.45, 2.75) is 31.6 Å². The predicted molar refractivity (Wildman–Crippen MR) is 67.7 cm³/mol. The van der Waals surface area contributed by atoms with E-state index in [1.54, 1.807) is 11.8 Å². The first kappa shape index (κ1) is 13.4. The minimum absolute atomic E-state index is 0.0791. The van der Waals surface area contributed by atoms with Crippen LogP contribution in [0, 0.1) is 6.92 Å². The van der Waals surface area contributed by atoms with E-state index in [1.165, 1.54) is 18.4 Å². The lowest BCUT2D eigenvalue weighted by molar-refractivity contribution is 0.0603. The number of methoxy groups -OCH3 is 1. The molecule has 1 rings (SSSR count). The molecule has 1 aromatic rings. The maximum atomic E-state index is 11.3. The third-order valence-electron chi connectivity index (χ3n) is 2.12. The van der Waals surface area contributed by atoms with Crippen LogP contribution in [0.1, 0.15) is 34.3 Å². The quantitative estimate of drug-likeness (QED) is 0.500. The van der Waals surface area contributed by atoms with Crippen LogP contribution in [0.5, 0.6) is 5.75 Å². The van der Waals surface area contributed by atoms with Crippen LogP contribution >= 0.6 is 23.1 Å². The van der Waals surface area contributed by atoms with Gasteiger partial charge >= 0.3 is 5.97 Å². The molecule has 16 heavy (non-hydrogen) atoms. The zero-order valence-electron chi connectivity index (χ0n) is 9.70. The summed E-state index contributed by atoms with van der Waals surface area (Å²) in [4.78, 5) is 13.4. The molecule has 0 saturated carbocycles. The maximum Gasteiger partial charge on any atom is 0.351 e. The van der Waals surface area contributed by atoms with Crippen LogP contribution in [0.4, 0.5) is 0 Å². The van der Waals surface area contributed by atoms with E-state index in [0.717, 1.165) is 28.4 Å². The van der Waals surface area contributed by atoms with E-state index < -0.39 is 5.97 Å². The number of rotatable bonds is 5. The smallest absolute Gasteiger partial charge is 0.351 e. The van der Waals surface area contributed by atoms with Crippen molar-refractivity contribution in [3.63, 3.8) is 0 Å². The molecule has 0 radical (unpaired) electrons. The molecule has 0 unspecified atom stereocenters. The van der Waals surface area contributed by atoms with Gasteiger partial charge in [-0.3, -0.25) is 0 Å². The van der Waals surface area contributed by atoms with Gasteiger partial charge in [-0.05, 0) is 19.1 Å². The Balaban J connectivity index is 2.85. The van der Waals surface area contributed by atoms with Gasteiger partial charge < -0.3 is 9.84 Å². The Bertz CT molecular complexity index is 372. The second-order valence-corrected chi connectivity index (χ2v) is 5.69. The summed E-state index contributed by atoms with van der Waals surface area (Å²) in [6.45, 7) is 4.03. The summed E-state index contributed by atoms with van der Waals surface area (Å²) in [6.07, 6.45) is 2.23. The van der Waals surface area contributed by atoms with Gasteiger partial charge in [-0.15, -0.1) is 23.1 Å². The molecule has 0 aromatic carbocycles. The van der Waals surface area contributed by atoms with Gasteiger partial charge in [0.05, 0.1) is 12.0 Å². The van der Waals surface area contributed by atoms with E-state index in [-0.39, 0.29) is 5.75 Å². The Kier molecular flexibility index (Phi) is 5.15. The first-order chi connectivity index (χ1) is 7.61. The number of thiophene rings is 1. The molecule has 0 atom stereocenters. The molecule has 1 aromatic heterocycles.